The Morgan fingerprint density at radius 3 is 2.44 bits per heavy atom. The quantitative estimate of drug-likeness (QED) is 0.276. The van der Waals surface area contributed by atoms with Crippen molar-refractivity contribution < 1.29 is 4.74 Å². The largest absolute Gasteiger partial charge is 0.485 e. The Morgan fingerprint density at radius 1 is 0.844 bits per heavy atom. The molecular formula is C29H28N2O. The molecule has 0 bridgehead atoms. The topological polar surface area (TPSA) is 27.1 Å². The van der Waals surface area contributed by atoms with Crippen LogP contribution in [0.4, 0.5) is 0 Å². The zero-order valence-electron chi connectivity index (χ0n) is 18.7. The lowest BCUT2D eigenvalue weighted by atomic mass is 9.98. The molecule has 0 aliphatic heterocycles. The molecule has 0 fully saturated rings. The number of fused-ring (bicyclic) bond motifs is 2. The first-order valence-electron chi connectivity index (χ1n) is 11.4. The first kappa shape index (κ1) is 20.3. The van der Waals surface area contributed by atoms with E-state index in [2.05, 4.69) is 85.1 Å². The minimum atomic E-state index is 0.424. The summed E-state index contributed by atoms with van der Waals surface area (Å²) in [6.45, 7) is 5.71. The lowest BCUT2D eigenvalue weighted by Gasteiger charge is -2.13. The first-order chi connectivity index (χ1) is 15.7. The summed E-state index contributed by atoms with van der Waals surface area (Å²) in [5.41, 5.74) is 4.80. The molecule has 0 saturated heterocycles. The Morgan fingerprint density at radius 2 is 1.59 bits per heavy atom. The van der Waals surface area contributed by atoms with E-state index in [0.29, 0.717) is 12.5 Å². The summed E-state index contributed by atoms with van der Waals surface area (Å²) in [7, 11) is 0. The highest BCUT2D eigenvalue weighted by atomic mass is 16.5. The SMILES string of the molecule is CCC(C)c1ccc(Cn2c(COc3cccc4ccccc34)nc3ccccc32)cc1. The van der Waals surface area contributed by atoms with Crippen molar-refractivity contribution in [2.75, 3.05) is 0 Å². The normalized spacial score (nSPS) is 12.3. The number of rotatable bonds is 7. The summed E-state index contributed by atoms with van der Waals surface area (Å²) in [5.74, 6) is 2.41. The smallest absolute Gasteiger partial charge is 0.148 e. The van der Waals surface area contributed by atoms with Crippen LogP contribution < -0.4 is 4.74 Å². The lowest BCUT2D eigenvalue weighted by Crippen LogP contribution is -2.08. The van der Waals surface area contributed by atoms with Gasteiger partial charge in [0.05, 0.1) is 11.0 Å². The number of hydrogen-bond donors (Lipinski definition) is 0. The van der Waals surface area contributed by atoms with E-state index in [1.165, 1.54) is 16.5 Å². The molecule has 1 atom stereocenters. The molecule has 0 amide bonds. The fourth-order valence-electron chi connectivity index (χ4n) is 4.25. The predicted molar refractivity (Wildman–Crippen MR) is 132 cm³/mol. The summed E-state index contributed by atoms with van der Waals surface area (Å²) >= 11 is 0. The second kappa shape index (κ2) is 8.88. The van der Waals surface area contributed by atoms with E-state index in [9.17, 15) is 0 Å². The zero-order valence-corrected chi connectivity index (χ0v) is 18.7. The molecule has 0 N–H and O–H groups in total. The number of hydrogen-bond acceptors (Lipinski definition) is 2. The maximum atomic E-state index is 6.30. The molecule has 0 radical (unpaired) electrons. The van der Waals surface area contributed by atoms with Crippen molar-refractivity contribution in [3.63, 3.8) is 0 Å². The molecule has 1 heterocycles. The molecule has 0 aliphatic rings. The molecular weight excluding hydrogens is 392 g/mol. The molecule has 3 nitrogen and oxygen atoms in total. The molecule has 0 aliphatic carbocycles. The van der Waals surface area contributed by atoms with Gasteiger partial charge in [-0.25, -0.2) is 4.98 Å². The highest BCUT2D eigenvalue weighted by Crippen LogP contribution is 2.27. The van der Waals surface area contributed by atoms with Gasteiger partial charge in [0.2, 0.25) is 0 Å². The third kappa shape index (κ3) is 3.99. The van der Waals surface area contributed by atoms with Crippen molar-refractivity contribution in [2.24, 2.45) is 0 Å². The van der Waals surface area contributed by atoms with Crippen LogP contribution in [-0.4, -0.2) is 9.55 Å². The van der Waals surface area contributed by atoms with Crippen molar-refractivity contribution in [1.82, 2.24) is 9.55 Å². The van der Waals surface area contributed by atoms with Gasteiger partial charge in [-0.1, -0.05) is 86.6 Å². The van der Waals surface area contributed by atoms with E-state index in [1.54, 1.807) is 0 Å². The van der Waals surface area contributed by atoms with Crippen molar-refractivity contribution in [3.05, 3.63) is 108 Å². The predicted octanol–water partition coefficient (Wildman–Crippen LogP) is 7.33. The number of para-hydroxylation sites is 2. The first-order valence-corrected chi connectivity index (χ1v) is 11.4. The maximum Gasteiger partial charge on any atom is 0.148 e. The van der Waals surface area contributed by atoms with Gasteiger partial charge >= 0.3 is 0 Å². The van der Waals surface area contributed by atoms with Crippen LogP contribution in [-0.2, 0) is 13.2 Å². The van der Waals surface area contributed by atoms with Gasteiger partial charge in [-0.2, -0.15) is 0 Å². The Labute approximate surface area is 189 Å². The van der Waals surface area contributed by atoms with Crippen molar-refractivity contribution >= 4 is 21.8 Å². The standard InChI is InChI=1S/C29H28N2O/c1-3-21(2)23-17-15-22(16-18-23)19-31-27-13-7-6-12-26(27)30-29(31)20-32-28-14-8-10-24-9-4-5-11-25(24)28/h4-18,21H,3,19-20H2,1-2H3. The van der Waals surface area contributed by atoms with Gasteiger partial charge in [0.25, 0.3) is 0 Å². The molecule has 5 aromatic rings. The average molecular weight is 421 g/mol. The van der Waals surface area contributed by atoms with Crippen LogP contribution in [0, 0.1) is 0 Å². The monoisotopic (exact) mass is 420 g/mol. The minimum Gasteiger partial charge on any atom is -0.485 e. The van der Waals surface area contributed by atoms with Crippen LogP contribution in [0.25, 0.3) is 21.8 Å². The van der Waals surface area contributed by atoms with Gasteiger partial charge in [-0.15, -0.1) is 0 Å². The second-order valence-electron chi connectivity index (χ2n) is 8.42. The van der Waals surface area contributed by atoms with E-state index in [1.807, 2.05) is 24.3 Å². The van der Waals surface area contributed by atoms with Gasteiger partial charge in [0.15, 0.2) is 0 Å². The summed E-state index contributed by atoms with van der Waals surface area (Å²) in [5, 5.41) is 2.30. The Hall–Kier alpha value is -3.59. The zero-order chi connectivity index (χ0) is 21.9. The molecule has 0 spiro atoms. The Bertz CT molecular complexity index is 1350. The third-order valence-corrected chi connectivity index (χ3v) is 6.34. The fraction of sp³-hybridized carbons (Fsp3) is 0.207. The van der Waals surface area contributed by atoms with E-state index in [0.717, 1.165) is 41.0 Å². The van der Waals surface area contributed by atoms with Gasteiger partial charge in [-0.05, 0) is 47.1 Å². The highest BCUT2D eigenvalue weighted by Gasteiger charge is 2.13. The molecule has 1 aromatic heterocycles. The number of benzene rings is 4. The second-order valence-corrected chi connectivity index (χ2v) is 8.42. The van der Waals surface area contributed by atoms with Crippen molar-refractivity contribution in [3.8, 4) is 5.75 Å². The number of aromatic nitrogens is 2. The summed E-state index contributed by atoms with van der Waals surface area (Å²) in [4.78, 5) is 4.90. The van der Waals surface area contributed by atoms with Crippen LogP contribution in [0.3, 0.4) is 0 Å². The molecule has 4 aromatic carbocycles. The Balaban J connectivity index is 1.45. The number of imidazole rings is 1. The molecule has 0 saturated carbocycles. The molecule has 1 unspecified atom stereocenters. The van der Waals surface area contributed by atoms with Crippen molar-refractivity contribution in [1.29, 1.82) is 0 Å². The molecule has 32 heavy (non-hydrogen) atoms. The third-order valence-electron chi connectivity index (χ3n) is 6.34. The average Bonchev–Trinajstić information content (AvgIpc) is 3.20. The van der Waals surface area contributed by atoms with E-state index >= 15 is 0 Å². The Kier molecular flexibility index (Phi) is 5.64. The fourth-order valence-corrected chi connectivity index (χ4v) is 4.25. The van der Waals surface area contributed by atoms with E-state index < -0.39 is 0 Å². The number of ether oxygens (including phenoxy) is 1. The van der Waals surface area contributed by atoms with Crippen LogP contribution in [0.2, 0.25) is 0 Å². The van der Waals surface area contributed by atoms with Gasteiger partial charge in [0.1, 0.15) is 18.2 Å². The van der Waals surface area contributed by atoms with Crippen molar-refractivity contribution in [2.45, 2.75) is 39.3 Å². The lowest BCUT2D eigenvalue weighted by molar-refractivity contribution is 0.295. The molecule has 5 rings (SSSR count). The minimum absolute atomic E-state index is 0.424. The summed E-state index contributed by atoms with van der Waals surface area (Å²) in [6, 6.07) is 31.8. The molecule has 160 valence electrons. The number of nitrogens with zero attached hydrogens (tertiary/aromatic N) is 2. The van der Waals surface area contributed by atoms with Crippen LogP contribution in [0.5, 0.6) is 5.75 Å². The van der Waals surface area contributed by atoms with Crippen LogP contribution in [0.1, 0.15) is 43.1 Å². The van der Waals surface area contributed by atoms with Gasteiger partial charge in [0, 0.05) is 11.9 Å². The summed E-state index contributed by atoms with van der Waals surface area (Å²) in [6.07, 6.45) is 1.15. The van der Waals surface area contributed by atoms with Gasteiger partial charge in [-0.3, -0.25) is 0 Å². The highest BCUT2D eigenvalue weighted by molar-refractivity contribution is 5.88. The maximum absolute atomic E-state index is 6.30. The van der Waals surface area contributed by atoms with Crippen LogP contribution >= 0.6 is 0 Å². The molecule has 3 heteroatoms. The van der Waals surface area contributed by atoms with E-state index in [4.69, 9.17) is 9.72 Å². The summed E-state index contributed by atoms with van der Waals surface area (Å²) < 4.78 is 8.57. The van der Waals surface area contributed by atoms with E-state index in [-0.39, 0.29) is 0 Å². The van der Waals surface area contributed by atoms with Gasteiger partial charge < -0.3 is 9.30 Å². The van der Waals surface area contributed by atoms with Crippen LogP contribution in [0.15, 0.2) is 91.0 Å².